The number of fused-ring (bicyclic) bond motifs is 1. The number of hydrogen-bond donors (Lipinski definition) is 1. The van der Waals surface area contributed by atoms with Crippen LogP contribution in [-0.4, -0.2) is 10.2 Å². The van der Waals surface area contributed by atoms with Crippen LogP contribution in [0.5, 0.6) is 0 Å². The van der Waals surface area contributed by atoms with E-state index in [0.717, 1.165) is 12.1 Å². The van der Waals surface area contributed by atoms with E-state index in [4.69, 9.17) is 6.92 Å². The van der Waals surface area contributed by atoms with Crippen molar-refractivity contribution in [3.8, 4) is 0 Å². The van der Waals surface area contributed by atoms with Gasteiger partial charge in [-0.15, -0.1) is 0 Å². The molecule has 1 heterocycles. The second-order valence-electron chi connectivity index (χ2n) is 2.87. The van der Waals surface area contributed by atoms with E-state index in [-0.39, 0.29) is 5.69 Å². The van der Waals surface area contributed by atoms with Crippen molar-refractivity contribution in [2.75, 3.05) is 0 Å². The first-order chi connectivity index (χ1) is 6.48. The van der Waals surface area contributed by atoms with Gasteiger partial charge < -0.3 is 0 Å². The molecule has 2 nitrogen and oxygen atoms in total. The third-order valence-electron chi connectivity index (χ3n) is 1.91. The normalized spacial score (nSPS) is 12.3. The van der Waals surface area contributed by atoms with E-state index in [0.29, 0.717) is 10.9 Å². The quantitative estimate of drug-likeness (QED) is 0.692. The standard InChI is InChI=1S/C9H5F3N2/c1-5-7-4-6(9(10,11)12)2-3-8(7)14-13-5/h1-4H,(H,13,14). The van der Waals surface area contributed by atoms with E-state index in [1.807, 2.05) is 0 Å². The summed E-state index contributed by atoms with van der Waals surface area (Å²) in [5.41, 5.74) is -0.153. The van der Waals surface area contributed by atoms with Gasteiger partial charge in [-0.1, -0.05) is 0 Å². The topological polar surface area (TPSA) is 28.7 Å². The zero-order valence-electron chi connectivity index (χ0n) is 6.89. The van der Waals surface area contributed by atoms with Crippen molar-refractivity contribution in [2.24, 2.45) is 0 Å². The highest BCUT2D eigenvalue weighted by Gasteiger charge is 2.30. The third-order valence-corrected chi connectivity index (χ3v) is 1.91. The molecule has 0 spiro atoms. The molecule has 1 N–H and O–H groups in total. The number of halogens is 3. The summed E-state index contributed by atoms with van der Waals surface area (Å²) in [7, 11) is 0. The lowest BCUT2D eigenvalue weighted by atomic mass is 10.1. The molecule has 2 rings (SSSR count). The summed E-state index contributed by atoms with van der Waals surface area (Å²) in [5.74, 6) is 0. The molecule has 0 atom stereocenters. The fraction of sp³-hybridized carbons (Fsp3) is 0.111. The lowest BCUT2D eigenvalue weighted by Gasteiger charge is -2.05. The van der Waals surface area contributed by atoms with Gasteiger partial charge in [-0.3, -0.25) is 5.10 Å². The average molecular weight is 198 g/mol. The lowest BCUT2D eigenvalue weighted by molar-refractivity contribution is -0.137. The number of rotatable bonds is 0. The first-order valence-corrected chi connectivity index (χ1v) is 3.79. The second kappa shape index (κ2) is 2.73. The van der Waals surface area contributed by atoms with E-state index < -0.39 is 11.7 Å². The molecule has 0 aliphatic carbocycles. The molecule has 14 heavy (non-hydrogen) atoms. The molecule has 0 fully saturated rings. The molecule has 2 radical (unpaired) electrons. The number of aromatic nitrogens is 2. The highest BCUT2D eigenvalue weighted by molar-refractivity contribution is 5.82. The zero-order chi connectivity index (χ0) is 10.3. The Bertz CT molecular complexity index is 470. The molecule has 0 amide bonds. The average Bonchev–Trinajstić information content (AvgIpc) is 2.46. The summed E-state index contributed by atoms with van der Waals surface area (Å²) in [6, 6.07) is 3.24. The van der Waals surface area contributed by atoms with Crippen molar-refractivity contribution in [3.63, 3.8) is 0 Å². The monoisotopic (exact) mass is 198 g/mol. The van der Waals surface area contributed by atoms with Crippen LogP contribution in [0.1, 0.15) is 11.3 Å². The van der Waals surface area contributed by atoms with Gasteiger partial charge in [0, 0.05) is 18.0 Å². The molecule has 0 saturated carbocycles. The molecular formula is C9H5F3N2. The van der Waals surface area contributed by atoms with Gasteiger partial charge in [0.1, 0.15) is 0 Å². The van der Waals surface area contributed by atoms with Crippen LogP contribution in [0.25, 0.3) is 10.9 Å². The number of nitrogens with zero attached hydrogens (tertiary/aromatic N) is 1. The number of nitrogens with one attached hydrogen (secondary N) is 1. The van der Waals surface area contributed by atoms with Crippen molar-refractivity contribution >= 4 is 10.9 Å². The van der Waals surface area contributed by atoms with Crippen LogP contribution in [0.15, 0.2) is 18.2 Å². The van der Waals surface area contributed by atoms with Crippen LogP contribution in [0.3, 0.4) is 0 Å². The minimum Gasteiger partial charge on any atom is -0.281 e. The Hall–Kier alpha value is -1.52. The van der Waals surface area contributed by atoms with Gasteiger partial charge in [0.25, 0.3) is 0 Å². The van der Waals surface area contributed by atoms with Gasteiger partial charge in [-0.25, -0.2) is 0 Å². The van der Waals surface area contributed by atoms with Crippen LogP contribution in [0.4, 0.5) is 13.2 Å². The maximum atomic E-state index is 12.3. The van der Waals surface area contributed by atoms with Crippen molar-refractivity contribution in [2.45, 2.75) is 6.18 Å². The van der Waals surface area contributed by atoms with Crippen LogP contribution in [0.2, 0.25) is 0 Å². The van der Waals surface area contributed by atoms with E-state index in [2.05, 4.69) is 10.2 Å². The number of alkyl halides is 3. The molecule has 0 bridgehead atoms. The molecule has 1 aromatic carbocycles. The largest absolute Gasteiger partial charge is 0.416 e. The molecule has 0 saturated heterocycles. The number of aromatic amines is 1. The van der Waals surface area contributed by atoms with Gasteiger partial charge >= 0.3 is 6.18 Å². The molecule has 2 aromatic rings. The summed E-state index contributed by atoms with van der Waals surface area (Å²) in [4.78, 5) is 0. The number of H-pyrrole nitrogens is 1. The Balaban J connectivity index is 2.66. The van der Waals surface area contributed by atoms with Crippen LogP contribution < -0.4 is 0 Å². The maximum Gasteiger partial charge on any atom is 0.416 e. The molecule has 0 aliphatic heterocycles. The third kappa shape index (κ3) is 1.34. The maximum absolute atomic E-state index is 12.3. The highest BCUT2D eigenvalue weighted by atomic mass is 19.4. The van der Waals surface area contributed by atoms with Gasteiger partial charge in [-0.05, 0) is 18.2 Å². The Labute approximate surface area is 77.7 Å². The van der Waals surface area contributed by atoms with E-state index in [1.165, 1.54) is 6.07 Å². The van der Waals surface area contributed by atoms with Crippen LogP contribution in [-0.2, 0) is 6.18 Å². The molecule has 5 heteroatoms. The van der Waals surface area contributed by atoms with E-state index >= 15 is 0 Å². The SMILES string of the molecule is [CH]c1[nH]nc2ccc(C(F)(F)F)cc12. The first-order valence-electron chi connectivity index (χ1n) is 3.79. The van der Waals surface area contributed by atoms with Crippen molar-refractivity contribution in [1.29, 1.82) is 0 Å². The Morgan fingerprint density at radius 1 is 1.29 bits per heavy atom. The van der Waals surface area contributed by atoms with Gasteiger partial charge in [0.2, 0.25) is 0 Å². The van der Waals surface area contributed by atoms with Crippen molar-refractivity contribution in [3.05, 3.63) is 36.4 Å². The van der Waals surface area contributed by atoms with Crippen molar-refractivity contribution in [1.82, 2.24) is 10.2 Å². The minimum absolute atomic E-state index is 0.145. The van der Waals surface area contributed by atoms with E-state index in [9.17, 15) is 13.2 Å². The van der Waals surface area contributed by atoms with Crippen LogP contribution >= 0.6 is 0 Å². The smallest absolute Gasteiger partial charge is 0.281 e. The first kappa shape index (κ1) is 9.05. The molecule has 0 unspecified atom stereocenters. The predicted molar refractivity (Wildman–Crippen MR) is 44.5 cm³/mol. The predicted octanol–water partition coefficient (Wildman–Crippen LogP) is 2.64. The Morgan fingerprint density at radius 2 is 2.00 bits per heavy atom. The number of benzene rings is 1. The summed E-state index contributed by atoms with van der Waals surface area (Å²) in [6.07, 6.45) is -4.35. The summed E-state index contributed by atoms with van der Waals surface area (Å²) in [5, 5.41) is 6.43. The Morgan fingerprint density at radius 3 is 2.64 bits per heavy atom. The highest BCUT2D eigenvalue weighted by Crippen LogP contribution is 2.31. The minimum atomic E-state index is -4.35. The van der Waals surface area contributed by atoms with E-state index in [1.54, 1.807) is 0 Å². The lowest BCUT2D eigenvalue weighted by Crippen LogP contribution is -2.04. The molecule has 0 aliphatic rings. The molecule has 1 aromatic heterocycles. The summed E-state index contributed by atoms with van der Waals surface area (Å²) < 4.78 is 36.8. The van der Waals surface area contributed by atoms with Gasteiger partial charge in [0.15, 0.2) is 0 Å². The summed E-state index contributed by atoms with van der Waals surface area (Å²) >= 11 is 0. The fourth-order valence-corrected chi connectivity index (χ4v) is 1.21. The number of hydrogen-bond acceptors (Lipinski definition) is 1. The van der Waals surface area contributed by atoms with Gasteiger partial charge in [-0.2, -0.15) is 18.3 Å². The molecular weight excluding hydrogens is 193 g/mol. The van der Waals surface area contributed by atoms with Crippen LogP contribution in [0, 0.1) is 6.92 Å². The zero-order valence-corrected chi connectivity index (χ0v) is 6.89. The summed E-state index contributed by atoms with van der Waals surface area (Å²) in [6.45, 7) is 5.40. The van der Waals surface area contributed by atoms with Crippen molar-refractivity contribution < 1.29 is 13.2 Å². The van der Waals surface area contributed by atoms with Gasteiger partial charge in [0.05, 0.1) is 11.1 Å². The second-order valence-corrected chi connectivity index (χ2v) is 2.87. The Kier molecular flexibility index (Phi) is 1.77. The fourth-order valence-electron chi connectivity index (χ4n) is 1.21. The molecule has 72 valence electrons.